The third-order valence-corrected chi connectivity index (χ3v) is 4.25. The summed E-state index contributed by atoms with van der Waals surface area (Å²) in [7, 11) is 0. The number of amides is 2. The van der Waals surface area contributed by atoms with Crippen LogP contribution in [-0.2, 0) is 16.0 Å². The summed E-state index contributed by atoms with van der Waals surface area (Å²) in [5.74, 6) is -1.15. The second-order valence-corrected chi connectivity index (χ2v) is 6.23. The minimum absolute atomic E-state index is 0.0134. The van der Waals surface area contributed by atoms with Gasteiger partial charge in [-0.3, -0.25) is 9.59 Å². The molecule has 2 aromatic carbocycles. The molecule has 0 aromatic heterocycles. The Morgan fingerprint density at radius 1 is 1.14 bits per heavy atom. The standard InChI is InChI=1S/C17H15BrN2O2/c1-11-10-12-4-2-3-5-15(12)20(11)17(22)16(21)19-14-8-6-13(18)7-9-14/h2-9,11H,10H2,1H3,(H,19,21). The average molecular weight is 359 g/mol. The number of para-hydroxylation sites is 1. The van der Waals surface area contributed by atoms with Crippen LogP contribution in [0.4, 0.5) is 11.4 Å². The maximum absolute atomic E-state index is 12.5. The second-order valence-electron chi connectivity index (χ2n) is 5.32. The van der Waals surface area contributed by atoms with E-state index in [1.54, 1.807) is 17.0 Å². The largest absolute Gasteiger partial charge is 0.318 e. The second kappa shape index (κ2) is 5.93. The van der Waals surface area contributed by atoms with Crippen LogP contribution in [0.15, 0.2) is 53.0 Å². The van der Waals surface area contributed by atoms with E-state index in [4.69, 9.17) is 0 Å². The lowest BCUT2D eigenvalue weighted by Gasteiger charge is -2.22. The van der Waals surface area contributed by atoms with Crippen LogP contribution in [0.2, 0.25) is 0 Å². The fourth-order valence-corrected chi connectivity index (χ4v) is 2.97. The highest BCUT2D eigenvalue weighted by Crippen LogP contribution is 2.31. The summed E-state index contributed by atoms with van der Waals surface area (Å²) in [5.41, 5.74) is 2.52. The Bertz CT molecular complexity index is 728. The molecule has 0 aliphatic carbocycles. The first-order valence-corrected chi connectivity index (χ1v) is 7.83. The van der Waals surface area contributed by atoms with E-state index >= 15 is 0 Å². The molecule has 0 saturated carbocycles. The highest BCUT2D eigenvalue weighted by Gasteiger charge is 2.34. The van der Waals surface area contributed by atoms with Gasteiger partial charge in [-0.2, -0.15) is 0 Å². The molecule has 1 heterocycles. The van der Waals surface area contributed by atoms with Gasteiger partial charge in [0.2, 0.25) is 0 Å². The van der Waals surface area contributed by atoms with Gasteiger partial charge in [-0.05, 0) is 49.2 Å². The number of fused-ring (bicyclic) bond motifs is 1. The molecule has 3 rings (SSSR count). The van der Waals surface area contributed by atoms with Gasteiger partial charge in [-0.25, -0.2) is 0 Å². The van der Waals surface area contributed by atoms with Crippen LogP contribution in [0, 0.1) is 0 Å². The molecule has 2 aromatic rings. The van der Waals surface area contributed by atoms with Crippen LogP contribution >= 0.6 is 15.9 Å². The summed E-state index contributed by atoms with van der Waals surface area (Å²) in [5, 5.41) is 2.65. The maximum Gasteiger partial charge on any atom is 0.316 e. The molecule has 1 N–H and O–H groups in total. The summed E-state index contributed by atoms with van der Waals surface area (Å²) in [6.45, 7) is 1.95. The van der Waals surface area contributed by atoms with Gasteiger partial charge in [-0.1, -0.05) is 34.1 Å². The molecule has 2 amide bonds. The van der Waals surface area contributed by atoms with E-state index in [2.05, 4.69) is 21.2 Å². The van der Waals surface area contributed by atoms with Crippen molar-refractivity contribution in [3.05, 3.63) is 58.6 Å². The summed E-state index contributed by atoms with van der Waals surface area (Å²) in [6.07, 6.45) is 0.771. The number of nitrogens with one attached hydrogen (secondary N) is 1. The summed E-state index contributed by atoms with van der Waals surface area (Å²) in [6, 6.07) is 14.8. The normalized spacial score (nSPS) is 16.3. The predicted molar refractivity (Wildman–Crippen MR) is 89.9 cm³/mol. The van der Waals surface area contributed by atoms with Crippen LogP contribution in [-0.4, -0.2) is 17.9 Å². The summed E-state index contributed by atoms with van der Waals surface area (Å²) >= 11 is 3.33. The Labute approximate surface area is 137 Å². The average Bonchev–Trinajstić information content (AvgIpc) is 2.84. The summed E-state index contributed by atoms with van der Waals surface area (Å²) in [4.78, 5) is 26.3. The lowest BCUT2D eigenvalue weighted by molar-refractivity contribution is -0.134. The third-order valence-electron chi connectivity index (χ3n) is 3.72. The smallest absolute Gasteiger partial charge is 0.316 e. The zero-order valence-electron chi connectivity index (χ0n) is 12.0. The van der Waals surface area contributed by atoms with E-state index in [0.717, 1.165) is 22.1 Å². The molecule has 0 fully saturated rings. The Morgan fingerprint density at radius 2 is 1.82 bits per heavy atom. The quantitative estimate of drug-likeness (QED) is 0.794. The fraction of sp³-hybridized carbons (Fsp3) is 0.176. The van der Waals surface area contributed by atoms with E-state index in [0.29, 0.717) is 5.69 Å². The first kappa shape index (κ1) is 14.8. The number of rotatable bonds is 1. The van der Waals surface area contributed by atoms with Crippen LogP contribution in [0.3, 0.4) is 0 Å². The zero-order chi connectivity index (χ0) is 15.7. The number of carbonyl (C=O) groups is 2. The molecule has 0 saturated heterocycles. The monoisotopic (exact) mass is 358 g/mol. The number of hydrogen-bond acceptors (Lipinski definition) is 2. The van der Waals surface area contributed by atoms with Crippen molar-refractivity contribution in [2.24, 2.45) is 0 Å². The van der Waals surface area contributed by atoms with Crippen molar-refractivity contribution in [1.29, 1.82) is 0 Å². The Balaban J connectivity index is 1.79. The van der Waals surface area contributed by atoms with E-state index in [1.165, 1.54) is 0 Å². The summed E-state index contributed by atoms with van der Waals surface area (Å²) < 4.78 is 0.916. The van der Waals surface area contributed by atoms with Gasteiger partial charge >= 0.3 is 11.8 Å². The zero-order valence-corrected chi connectivity index (χ0v) is 13.6. The van der Waals surface area contributed by atoms with Gasteiger partial charge in [0.15, 0.2) is 0 Å². The number of hydrogen-bond donors (Lipinski definition) is 1. The number of nitrogens with zero attached hydrogens (tertiary/aromatic N) is 1. The molecule has 112 valence electrons. The maximum atomic E-state index is 12.5. The molecule has 22 heavy (non-hydrogen) atoms. The highest BCUT2D eigenvalue weighted by atomic mass is 79.9. The van der Waals surface area contributed by atoms with Crippen LogP contribution < -0.4 is 10.2 Å². The SMILES string of the molecule is CC1Cc2ccccc2N1C(=O)C(=O)Nc1ccc(Br)cc1. The minimum Gasteiger partial charge on any atom is -0.318 e. The first-order valence-electron chi connectivity index (χ1n) is 7.04. The lowest BCUT2D eigenvalue weighted by atomic mass is 10.1. The molecular weight excluding hydrogens is 344 g/mol. The molecule has 1 atom stereocenters. The predicted octanol–water partition coefficient (Wildman–Crippen LogP) is 3.37. The van der Waals surface area contributed by atoms with Crippen molar-refractivity contribution >= 4 is 39.1 Å². The van der Waals surface area contributed by atoms with Crippen LogP contribution in [0.1, 0.15) is 12.5 Å². The van der Waals surface area contributed by atoms with Gasteiger partial charge in [0.05, 0.1) is 0 Å². The molecule has 0 radical (unpaired) electrons. The van der Waals surface area contributed by atoms with Gasteiger partial charge in [0.1, 0.15) is 0 Å². The van der Waals surface area contributed by atoms with Crippen molar-refractivity contribution in [3.63, 3.8) is 0 Å². The first-order chi connectivity index (χ1) is 10.6. The number of benzene rings is 2. The van der Waals surface area contributed by atoms with Gasteiger partial charge in [0, 0.05) is 21.9 Å². The molecule has 1 aliphatic rings. The Morgan fingerprint density at radius 3 is 2.55 bits per heavy atom. The molecule has 4 nitrogen and oxygen atoms in total. The van der Waals surface area contributed by atoms with E-state index in [9.17, 15) is 9.59 Å². The van der Waals surface area contributed by atoms with Crippen molar-refractivity contribution in [1.82, 2.24) is 0 Å². The van der Waals surface area contributed by atoms with Crippen molar-refractivity contribution in [3.8, 4) is 0 Å². The molecule has 5 heteroatoms. The minimum atomic E-state index is -0.620. The van der Waals surface area contributed by atoms with Gasteiger partial charge in [0.25, 0.3) is 0 Å². The van der Waals surface area contributed by atoms with Crippen molar-refractivity contribution in [2.75, 3.05) is 10.2 Å². The van der Waals surface area contributed by atoms with Crippen molar-refractivity contribution < 1.29 is 9.59 Å². The molecule has 1 aliphatic heterocycles. The molecule has 0 bridgehead atoms. The lowest BCUT2D eigenvalue weighted by Crippen LogP contribution is -2.43. The van der Waals surface area contributed by atoms with E-state index < -0.39 is 11.8 Å². The number of anilines is 2. The molecular formula is C17H15BrN2O2. The van der Waals surface area contributed by atoms with Crippen LogP contribution in [0.5, 0.6) is 0 Å². The van der Waals surface area contributed by atoms with Crippen LogP contribution in [0.25, 0.3) is 0 Å². The van der Waals surface area contributed by atoms with E-state index in [-0.39, 0.29) is 6.04 Å². The molecule has 1 unspecified atom stereocenters. The van der Waals surface area contributed by atoms with Crippen molar-refractivity contribution in [2.45, 2.75) is 19.4 Å². The topological polar surface area (TPSA) is 49.4 Å². The van der Waals surface area contributed by atoms with E-state index in [1.807, 2.05) is 43.3 Å². The molecule has 0 spiro atoms. The van der Waals surface area contributed by atoms with Gasteiger partial charge < -0.3 is 10.2 Å². The highest BCUT2D eigenvalue weighted by molar-refractivity contribution is 9.10. The third kappa shape index (κ3) is 2.76. The number of carbonyl (C=O) groups excluding carboxylic acids is 2. The van der Waals surface area contributed by atoms with Gasteiger partial charge in [-0.15, -0.1) is 0 Å². The Kier molecular flexibility index (Phi) is 3.98. The Hall–Kier alpha value is -2.14. The number of halogens is 1. The fourth-order valence-electron chi connectivity index (χ4n) is 2.70.